The quantitative estimate of drug-likeness (QED) is 0.891. The van der Waals surface area contributed by atoms with Crippen LogP contribution in [0.2, 0.25) is 5.02 Å². The molecule has 1 amide bonds. The Bertz CT molecular complexity index is 688. The highest BCUT2D eigenvalue weighted by atomic mass is 35.5. The SMILES string of the molecule is CC1CCNCC1NC(=O)Cc1csc(-c2ccccc2Cl)n1. The summed E-state index contributed by atoms with van der Waals surface area (Å²) in [4.78, 5) is 16.8. The van der Waals surface area contributed by atoms with Crippen molar-refractivity contribution in [3.05, 3.63) is 40.4 Å². The van der Waals surface area contributed by atoms with Crippen molar-refractivity contribution < 1.29 is 4.79 Å². The minimum absolute atomic E-state index is 0.0292. The second kappa shape index (κ2) is 7.43. The molecular weight excluding hydrogens is 330 g/mol. The molecule has 1 aromatic carbocycles. The lowest BCUT2D eigenvalue weighted by atomic mass is 9.95. The van der Waals surface area contributed by atoms with Gasteiger partial charge in [-0.05, 0) is 24.9 Å². The number of rotatable bonds is 4. The normalized spacial score (nSPS) is 21.1. The number of aromatic nitrogens is 1. The molecule has 0 aliphatic carbocycles. The molecule has 1 aromatic heterocycles. The van der Waals surface area contributed by atoms with Gasteiger partial charge in [0.2, 0.25) is 5.91 Å². The van der Waals surface area contributed by atoms with Crippen molar-refractivity contribution in [1.29, 1.82) is 0 Å². The van der Waals surface area contributed by atoms with Crippen molar-refractivity contribution in [3.63, 3.8) is 0 Å². The summed E-state index contributed by atoms with van der Waals surface area (Å²) in [7, 11) is 0. The number of carbonyl (C=O) groups is 1. The molecule has 2 atom stereocenters. The van der Waals surface area contributed by atoms with Gasteiger partial charge in [-0.3, -0.25) is 4.79 Å². The Morgan fingerprint density at radius 3 is 3.09 bits per heavy atom. The number of carbonyl (C=O) groups excluding carboxylic acids is 1. The highest BCUT2D eigenvalue weighted by Crippen LogP contribution is 2.30. The fraction of sp³-hybridized carbons (Fsp3) is 0.412. The van der Waals surface area contributed by atoms with Gasteiger partial charge in [0.1, 0.15) is 5.01 Å². The lowest BCUT2D eigenvalue weighted by Crippen LogP contribution is -2.50. The molecule has 0 radical (unpaired) electrons. The molecule has 6 heteroatoms. The van der Waals surface area contributed by atoms with Gasteiger partial charge in [-0.1, -0.05) is 36.7 Å². The summed E-state index contributed by atoms with van der Waals surface area (Å²) in [6.07, 6.45) is 1.41. The van der Waals surface area contributed by atoms with Crippen molar-refractivity contribution in [3.8, 4) is 10.6 Å². The predicted molar refractivity (Wildman–Crippen MR) is 94.8 cm³/mol. The average molecular weight is 350 g/mol. The number of hydrogen-bond acceptors (Lipinski definition) is 4. The van der Waals surface area contributed by atoms with Gasteiger partial charge < -0.3 is 10.6 Å². The second-order valence-electron chi connectivity index (χ2n) is 5.94. The number of halogens is 1. The van der Waals surface area contributed by atoms with Crippen LogP contribution in [-0.2, 0) is 11.2 Å². The molecule has 1 fully saturated rings. The van der Waals surface area contributed by atoms with Gasteiger partial charge in [0, 0.05) is 23.5 Å². The zero-order valence-corrected chi connectivity index (χ0v) is 14.6. The van der Waals surface area contributed by atoms with Crippen molar-refractivity contribution in [2.75, 3.05) is 13.1 Å². The largest absolute Gasteiger partial charge is 0.351 e. The molecule has 2 aromatic rings. The predicted octanol–water partition coefficient (Wildman–Crippen LogP) is 3.12. The number of amides is 1. The standard InChI is InChI=1S/C17H20ClN3OS/c1-11-6-7-19-9-15(11)21-16(22)8-12-10-23-17(20-12)13-4-2-3-5-14(13)18/h2-5,10-11,15,19H,6-9H2,1H3,(H,21,22). The Balaban J connectivity index is 1.62. The number of nitrogens with one attached hydrogen (secondary N) is 2. The molecule has 23 heavy (non-hydrogen) atoms. The van der Waals surface area contributed by atoms with Crippen LogP contribution in [0, 0.1) is 5.92 Å². The number of nitrogens with zero attached hydrogens (tertiary/aromatic N) is 1. The van der Waals surface area contributed by atoms with Crippen molar-refractivity contribution in [2.24, 2.45) is 5.92 Å². The smallest absolute Gasteiger partial charge is 0.226 e. The van der Waals surface area contributed by atoms with E-state index in [0.29, 0.717) is 17.4 Å². The molecule has 1 aliphatic heterocycles. The molecule has 4 nitrogen and oxygen atoms in total. The van der Waals surface area contributed by atoms with E-state index in [1.807, 2.05) is 29.6 Å². The summed E-state index contributed by atoms with van der Waals surface area (Å²) in [5, 5.41) is 9.90. The summed E-state index contributed by atoms with van der Waals surface area (Å²) in [6, 6.07) is 7.83. The van der Waals surface area contributed by atoms with Crippen LogP contribution in [0.5, 0.6) is 0 Å². The van der Waals surface area contributed by atoms with E-state index in [2.05, 4.69) is 22.5 Å². The summed E-state index contributed by atoms with van der Waals surface area (Å²) in [6.45, 7) is 4.06. The molecule has 3 rings (SSSR count). The van der Waals surface area contributed by atoms with E-state index < -0.39 is 0 Å². The molecule has 1 saturated heterocycles. The number of hydrogen-bond donors (Lipinski definition) is 2. The van der Waals surface area contributed by atoms with Crippen LogP contribution in [0.1, 0.15) is 19.0 Å². The van der Waals surface area contributed by atoms with Gasteiger partial charge in [0.05, 0.1) is 17.1 Å². The van der Waals surface area contributed by atoms with Crippen LogP contribution < -0.4 is 10.6 Å². The Kier molecular flexibility index (Phi) is 5.30. The number of thiazole rings is 1. The van der Waals surface area contributed by atoms with Crippen LogP contribution in [0.3, 0.4) is 0 Å². The highest BCUT2D eigenvalue weighted by Gasteiger charge is 2.22. The topological polar surface area (TPSA) is 54.0 Å². The zero-order chi connectivity index (χ0) is 16.2. The van der Waals surface area contributed by atoms with E-state index in [4.69, 9.17) is 11.6 Å². The van der Waals surface area contributed by atoms with E-state index >= 15 is 0 Å². The van der Waals surface area contributed by atoms with Crippen molar-refractivity contribution in [1.82, 2.24) is 15.6 Å². The van der Waals surface area contributed by atoms with Gasteiger partial charge in [0.15, 0.2) is 0 Å². The maximum Gasteiger partial charge on any atom is 0.226 e. The molecule has 0 saturated carbocycles. The molecular formula is C17H20ClN3OS. The monoisotopic (exact) mass is 349 g/mol. The first-order valence-corrected chi connectivity index (χ1v) is 9.08. The highest BCUT2D eigenvalue weighted by molar-refractivity contribution is 7.13. The lowest BCUT2D eigenvalue weighted by Gasteiger charge is -2.30. The van der Waals surface area contributed by atoms with E-state index in [-0.39, 0.29) is 11.9 Å². The van der Waals surface area contributed by atoms with E-state index in [9.17, 15) is 4.79 Å². The van der Waals surface area contributed by atoms with Gasteiger partial charge in [-0.15, -0.1) is 11.3 Å². The van der Waals surface area contributed by atoms with Gasteiger partial charge >= 0.3 is 0 Å². The second-order valence-corrected chi connectivity index (χ2v) is 7.21. The first-order valence-electron chi connectivity index (χ1n) is 7.83. The van der Waals surface area contributed by atoms with E-state index in [1.165, 1.54) is 11.3 Å². The fourth-order valence-corrected chi connectivity index (χ4v) is 3.89. The molecule has 2 heterocycles. The maximum absolute atomic E-state index is 12.2. The first kappa shape index (κ1) is 16.4. The summed E-state index contributed by atoms with van der Waals surface area (Å²) < 4.78 is 0. The zero-order valence-electron chi connectivity index (χ0n) is 13.0. The maximum atomic E-state index is 12.2. The molecule has 122 valence electrons. The van der Waals surface area contributed by atoms with Crippen LogP contribution >= 0.6 is 22.9 Å². The van der Waals surface area contributed by atoms with Crippen LogP contribution in [0.4, 0.5) is 0 Å². The average Bonchev–Trinajstić information content (AvgIpc) is 2.98. The van der Waals surface area contributed by atoms with Crippen LogP contribution in [-0.4, -0.2) is 30.0 Å². The summed E-state index contributed by atoms with van der Waals surface area (Å²) in [5.41, 5.74) is 1.70. The van der Waals surface area contributed by atoms with Crippen LogP contribution in [0.15, 0.2) is 29.6 Å². The third kappa shape index (κ3) is 4.10. The molecule has 2 N–H and O–H groups in total. The number of benzene rings is 1. The summed E-state index contributed by atoms with van der Waals surface area (Å²) >= 11 is 7.72. The Labute approximate surface area is 145 Å². The molecule has 2 unspecified atom stereocenters. The minimum Gasteiger partial charge on any atom is -0.351 e. The van der Waals surface area contributed by atoms with E-state index in [0.717, 1.165) is 35.8 Å². The summed E-state index contributed by atoms with van der Waals surface area (Å²) in [5.74, 6) is 0.538. The Hall–Kier alpha value is -1.43. The number of piperidine rings is 1. The van der Waals surface area contributed by atoms with Gasteiger partial charge in [-0.2, -0.15) is 0 Å². The van der Waals surface area contributed by atoms with Gasteiger partial charge in [-0.25, -0.2) is 4.98 Å². The van der Waals surface area contributed by atoms with E-state index in [1.54, 1.807) is 0 Å². The lowest BCUT2D eigenvalue weighted by molar-refractivity contribution is -0.121. The Morgan fingerprint density at radius 1 is 1.48 bits per heavy atom. The minimum atomic E-state index is 0.0292. The van der Waals surface area contributed by atoms with Crippen molar-refractivity contribution >= 4 is 28.8 Å². The van der Waals surface area contributed by atoms with Crippen molar-refractivity contribution in [2.45, 2.75) is 25.8 Å². The molecule has 1 aliphatic rings. The fourth-order valence-electron chi connectivity index (χ4n) is 2.75. The van der Waals surface area contributed by atoms with Crippen LogP contribution in [0.25, 0.3) is 10.6 Å². The Morgan fingerprint density at radius 2 is 2.30 bits per heavy atom. The van der Waals surface area contributed by atoms with Gasteiger partial charge in [0.25, 0.3) is 0 Å². The first-order chi connectivity index (χ1) is 11.1. The third-order valence-corrected chi connectivity index (χ3v) is 5.43. The molecule has 0 spiro atoms. The molecule has 0 bridgehead atoms. The third-order valence-electron chi connectivity index (χ3n) is 4.17.